The number of halogens is 2. The van der Waals surface area contributed by atoms with Crippen LogP contribution in [0, 0.1) is 0 Å². The second-order valence-corrected chi connectivity index (χ2v) is 5.72. The molecule has 0 saturated heterocycles. The zero-order valence-corrected chi connectivity index (χ0v) is 11.2. The van der Waals surface area contributed by atoms with Crippen molar-refractivity contribution in [2.45, 2.75) is 4.90 Å². The van der Waals surface area contributed by atoms with E-state index in [4.69, 9.17) is 23.2 Å². The fourth-order valence-electron chi connectivity index (χ4n) is 1.23. The SMILES string of the molecule is O=S(=O)(Nc1ccc(Cl)nn1)c1ccccc1Cl. The molecule has 0 bridgehead atoms. The minimum Gasteiger partial charge on any atom is -0.262 e. The lowest BCUT2D eigenvalue weighted by molar-refractivity contribution is 0.601. The zero-order valence-electron chi connectivity index (χ0n) is 8.84. The zero-order chi connectivity index (χ0) is 13.2. The largest absolute Gasteiger partial charge is 0.264 e. The van der Waals surface area contributed by atoms with E-state index in [1.807, 2.05) is 0 Å². The number of sulfonamides is 1. The molecule has 0 radical (unpaired) electrons. The number of hydrogen-bond donors (Lipinski definition) is 1. The Morgan fingerprint density at radius 3 is 2.33 bits per heavy atom. The summed E-state index contributed by atoms with van der Waals surface area (Å²) in [6, 6.07) is 8.94. The molecule has 18 heavy (non-hydrogen) atoms. The molecule has 0 saturated carbocycles. The van der Waals surface area contributed by atoms with Crippen LogP contribution in [0.15, 0.2) is 41.3 Å². The maximum Gasteiger partial charge on any atom is 0.264 e. The van der Waals surface area contributed by atoms with Gasteiger partial charge in [-0.1, -0.05) is 35.3 Å². The van der Waals surface area contributed by atoms with Gasteiger partial charge < -0.3 is 0 Å². The van der Waals surface area contributed by atoms with Gasteiger partial charge in [-0.25, -0.2) is 8.42 Å². The summed E-state index contributed by atoms with van der Waals surface area (Å²) in [5, 5.41) is 7.45. The standard InChI is InChI=1S/C10H7Cl2N3O2S/c11-7-3-1-2-4-8(7)18(16,17)15-10-6-5-9(12)13-14-10/h1-6H,(H,14,15). The van der Waals surface area contributed by atoms with E-state index in [0.29, 0.717) is 0 Å². The van der Waals surface area contributed by atoms with Crippen LogP contribution in [0.4, 0.5) is 5.82 Å². The number of aromatic nitrogens is 2. The highest BCUT2D eigenvalue weighted by atomic mass is 35.5. The van der Waals surface area contributed by atoms with E-state index < -0.39 is 10.0 Å². The van der Waals surface area contributed by atoms with Gasteiger partial charge in [-0.15, -0.1) is 10.2 Å². The molecule has 8 heteroatoms. The van der Waals surface area contributed by atoms with Crippen LogP contribution in [0.25, 0.3) is 0 Å². The van der Waals surface area contributed by atoms with Gasteiger partial charge in [0.1, 0.15) is 4.90 Å². The van der Waals surface area contributed by atoms with Crippen molar-refractivity contribution < 1.29 is 8.42 Å². The van der Waals surface area contributed by atoms with Crippen molar-refractivity contribution in [1.29, 1.82) is 0 Å². The van der Waals surface area contributed by atoms with E-state index >= 15 is 0 Å². The monoisotopic (exact) mass is 303 g/mol. The molecule has 0 aliphatic heterocycles. The molecule has 2 aromatic rings. The molecule has 5 nitrogen and oxygen atoms in total. The fourth-order valence-corrected chi connectivity index (χ4v) is 2.84. The second kappa shape index (κ2) is 5.09. The van der Waals surface area contributed by atoms with E-state index in [1.54, 1.807) is 12.1 Å². The summed E-state index contributed by atoms with van der Waals surface area (Å²) in [4.78, 5) is -0.0246. The summed E-state index contributed by atoms with van der Waals surface area (Å²) in [7, 11) is -3.78. The molecule has 1 heterocycles. The van der Waals surface area contributed by atoms with Crippen molar-refractivity contribution in [3.05, 3.63) is 46.6 Å². The van der Waals surface area contributed by atoms with Crippen LogP contribution in [-0.2, 0) is 10.0 Å². The average molecular weight is 304 g/mol. The average Bonchev–Trinajstić information content (AvgIpc) is 2.32. The molecular formula is C10H7Cl2N3O2S. The van der Waals surface area contributed by atoms with Crippen LogP contribution in [0.1, 0.15) is 0 Å². The van der Waals surface area contributed by atoms with Crippen molar-refractivity contribution in [2.75, 3.05) is 4.72 Å². The van der Waals surface area contributed by atoms with Gasteiger partial charge in [0.15, 0.2) is 11.0 Å². The summed E-state index contributed by atoms with van der Waals surface area (Å²) in [6.45, 7) is 0. The molecule has 0 aliphatic rings. The van der Waals surface area contributed by atoms with Gasteiger partial charge >= 0.3 is 0 Å². The Morgan fingerprint density at radius 2 is 1.72 bits per heavy atom. The fraction of sp³-hybridized carbons (Fsp3) is 0. The van der Waals surface area contributed by atoms with Gasteiger partial charge in [-0.3, -0.25) is 4.72 Å². The van der Waals surface area contributed by atoms with Crippen molar-refractivity contribution in [3.8, 4) is 0 Å². The van der Waals surface area contributed by atoms with Gasteiger partial charge in [-0.2, -0.15) is 0 Å². The van der Waals surface area contributed by atoms with E-state index in [2.05, 4.69) is 14.9 Å². The molecule has 1 aromatic heterocycles. The van der Waals surface area contributed by atoms with E-state index in [-0.39, 0.29) is 20.9 Å². The predicted molar refractivity (Wildman–Crippen MR) is 69.3 cm³/mol. The number of hydrogen-bond acceptors (Lipinski definition) is 4. The third-order valence-electron chi connectivity index (χ3n) is 2.00. The normalized spacial score (nSPS) is 11.2. The molecule has 0 spiro atoms. The third kappa shape index (κ3) is 2.90. The maximum atomic E-state index is 12.0. The summed E-state index contributed by atoms with van der Waals surface area (Å²) in [5.41, 5.74) is 0. The lowest BCUT2D eigenvalue weighted by Gasteiger charge is -2.07. The molecular weight excluding hydrogens is 297 g/mol. The van der Waals surface area contributed by atoms with Gasteiger partial charge in [0.05, 0.1) is 5.02 Å². The smallest absolute Gasteiger partial charge is 0.262 e. The van der Waals surface area contributed by atoms with Gasteiger partial charge in [-0.05, 0) is 24.3 Å². The van der Waals surface area contributed by atoms with Crippen LogP contribution < -0.4 is 4.72 Å². The molecule has 1 N–H and O–H groups in total. The van der Waals surface area contributed by atoms with Crippen LogP contribution >= 0.6 is 23.2 Å². The van der Waals surface area contributed by atoms with Crippen molar-refractivity contribution in [1.82, 2.24) is 10.2 Å². The Bertz CT molecular complexity index is 659. The van der Waals surface area contributed by atoms with E-state index in [0.717, 1.165) is 0 Å². The number of nitrogens with zero attached hydrogens (tertiary/aromatic N) is 2. The highest BCUT2D eigenvalue weighted by molar-refractivity contribution is 7.92. The van der Waals surface area contributed by atoms with Crippen LogP contribution in [0.5, 0.6) is 0 Å². The van der Waals surface area contributed by atoms with Gasteiger partial charge in [0, 0.05) is 0 Å². The quantitative estimate of drug-likeness (QED) is 0.946. The summed E-state index contributed by atoms with van der Waals surface area (Å²) in [6.07, 6.45) is 0. The van der Waals surface area contributed by atoms with Crippen molar-refractivity contribution >= 4 is 39.0 Å². The summed E-state index contributed by atoms with van der Waals surface area (Å²) >= 11 is 11.4. The first kappa shape index (κ1) is 13.1. The Morgan fingerprint density at radius 1 is 1.00 bits per heavy atom. The first-order valence-corrected chi connectivity index (χ1v) is 6.99. The molecule has 94 valence electrons. The lowest BCUT2D eigenvalue weighted by Crippen LogP contribution is -2.14. The molecule has 0 amide bonds. The van der Waals surface area contributed by atoms with Gasteiger partial charge in [0.2, 0.25) is 0 Å². The first-order valence-electron chi connectivity index (χ1n) is 4.75. The third-order valence-corrected chi connectivity index (χ3v) is 4.05. The van der Waals surface area contributed by atoms with Crippen LogP contribution in [0.2, 0.25) is 10.2 Å². The van der Waals surface area contributed by atoms with Crippen molar-refractivity contribution in [2.24, 2.45) is 0 Å². The number of anilines is 1. The van der Waals surface area contributed by atoms with Crippen LogP contribution in [0.3, 0.4) is 0 Å². The lowest BCUT2D eigenvalue weighted by atomic mass is 10.4. The molecule has 2 rings (SSSR count). The molecule has 0 unspecified atom stereocenters. The highest BCUT2D eigenvalue weighted by Gasteiger charge is 2.18. The number of nitrogens with one attached hydrogen (secondary N) is 1. The second-order valence-electron chi connectivity index (χ2n) is 3.28. The van der Waals surface area contributed by atoms with E-state index in [1.165, 1.54) is 24.3 Å². The molecule has 0 atom stereocenters. The summed E-state index contributed by atoms with van der Waals surface area (Å²) < 4.78 is 26.3. The Kier molecular flexibility index (Phi) is 3.70. The Balaban J connectivity index is 2.33. The number of rotatable bonds is 3. The number of benzene rings is 1. The minimum absolute atomic E-state index is 0.0246. The first-order chi connectivity index (χ1) is 8.49. The van der Waals surface area contributed by atoms with Crippen LogP contribution in [-0.4, -0.2) is 18.6 Å². The summed E-state index contributed by atoms with van der Waals surface area (Å²) in [5.74, 6) is 0.0688. The molecule has 0 fully saturated rings. The Hall–Kier alpha value is -1.37. The van der Waals surface area contributed by atoms with Crippen molar-refractivity contribution in [3.63, 3.8) is 0 Å². The topological polar surface area (TPSA) is 72.0 Å². The van der Waals surface area contributed by atoms with Gasteiger partial charge in [0.25, 0.3) is 10.0 Å². The molecule has 0 aliphatic carbocycles. The minimum atomic E-state index is -3.78. The predicted octanol–water partition coefficient (Wildman–Crippen LogP) is 2.58. The highest BCUT2D eigenvalue weighted by Crippen LogP contribution is 2.22. The molecule has 1 aromatic carbocycles. The maximum absolute atomic E-state index is 12.0. The van der Waals surface area contributed by atoms with E-state index in [9.17, 15) is 8.42 Å². The Labute approximate surface area is 114 Å².